The molecule has 6 N–H and O–H groups in total. The fraction of sp³-hybridized carbons (Fsp3) is 0.357. The smallest absolute Gasteiger partial charge is 0.312 e. The van der Waals surface area contributed by atoms with Crippen LogP contribution in [0.2, 0.25) is 0 Å². The van der Waals surface area contributed by atoms with Gasteiger partial charge in [0.25, 0.3) is 0 Å². The number of guanidine groups is 1. The number of hydrogen-bond donors (Lipinski definition) is 3. The largest absolute Gasteiger partial charge is 0.419 e. The van der Waals surface area contributed by atoms with E-state index in [1.54, 1.807) is 0 Å². The monoisotopic (exact) mass is 765 g/mol. The van der Waals surface area contributed by atoms with E-state index in [1.807, 2.05) is 6.07 Å². The molecule has 0 saturated carbocycles. The van der Waals surface area contributed by atoms with Gasteiger partial charge >= 0.3 is 11.7 Å². The van der Waals surface area contributed by atoms with Crippen LogP contribution >= 0.6 is 0 Å². The molecule has 294 valence electrons. The molecular weight excluding hydrogens is 718 g/mol. The van der Waals surface area contributed by atoms with E-state index in [2.05, 4.69) is 53.5 Å². The number of nitro benzene ring substituents is 1. The average Bonchev–Trinajstić information content (AvgIpc) is 3.17. The van der Waals surface area contributed by atoms with E-state index in [4.69, 9.17) is 31.4 Å². The predicted octanol–water partition coefficient (Wildman–Crippen LogP) is 5.92. The molecule has 1 amide bonds. The molecule has 14 nitrogen and oxygen atoms in total. The first kappa shape index (κ1) is 41.2. The minimum Gasteiger partial charge on any atom is -0.419 e. The van der Waals surface area contributed by atoms with Crippen LogP contribution in [-0.2, 0) is 30.3 Å². The number of aliphatic imine (C=N–C) groups is 1. The Morgan fingerprint density at radius 1 is 0.750 bits per heavy atom. The molecular formula is C42H47N5O9. The lowest BCUT2D eigenvalue weighted by molar-refractivity contribution is -0.385. The molecule has 0 aliphatic rings. The van der Waals surface area contributed by atoms with Gasteiger partial charge in [0, 0.05) is 50.0 Å². The number of ketones is 2. The molecule has 0 radical (unpaired) electrons. The van der Waals surface area contributed by atoms with Crippen LogP contribution in [0, 0.1) is 16.0 Å². The number of hydrogen-bond acceptors (Lipinski definition) is 10. The first-order chi connectivity index (χ1) is 27.0. The second-order valence-electron chi connectivity index (χ2n) is 13.7. The molecule has 0 saturated heterocycles. The Balaban J connectivity index is 0.996. The van der Waals surface area contributed by atoms with E-state index in [0.717, 1.165) is 22.4 Å². The van der Waals surface area contributed by atoms with Crippen LogP contribution in [0.1, 0.15) is 67.3 Å². The highest BCUT2D eigenvalue weighted by Crippen LogP contribution is 2.36. The number of Topliss-reactive ketones (excluding diaryl/α,β-unsaturated/α-hetero) is 2. The molecule has 1 atom stereocenters. The third-order valence-electron chi connectivity index (χ3n) is 9.65. The normalized spacial score (nSPS) is 11.9. The van der Waals surface area contributed by atoms with Crippen molar-refractivity contribution in [2.45, 2.75) is 57.8 Å². The molecule has 0 heterocycles. The first-order valence-corrected chi connectivity index (χ1v) is 18.7. The second kappa shape index (κ2) is 20.1. The summed E-state index contributed by atoms with van der Waals surface area (Å²) in [7, 11) is 0. The van der Waals surface area contributed by atoms with Crippen molar-refractivity contribution in [2.75, 3.05) is 33.0 Å². The number of nitrogens with two attached hydrogens (primary N) is 3. The maximum Gasteiger partial charge on any atom is 0.312 e. The zero-order valence-electron chi connectivity index (χ0n) is 31.2. The van der Waals surface area contributed by atoms with Crippen molar-refractivity contribution in [3.63, 3.8) is 0 Å². The molecule has 56 heavy (non-hydrogen) atoms. The highest BCUT2D eigenvalue weighted by Gasteiger charge is 2.22. The van der Waals surface area contributed by atoms with Crippen LogP contribution in [0.15, 0.2) is 77.8 Å². The fourth-order valence-electron chi connectivity index (χ4n) is 6.80. The Kier molecular flexibility index (Phi) is 14.8. The summed E-state index contributed by atoms with van der Waals surface area (Å²) in [6, 6.07) is 22.7. The van der Waals surface area contributed by atoms with Crippen molar-refractivity contribution in [3.05, 3.63) is 94.0 Å². The van der Waals surface area contributed by atoms with Gasteiger partial charge in [0.05, 0.1) is 18.1 Å². The van der Waals surface area contributed by atoms with Gasteiger partial charge in [-0.3, -0.25) is 34.3 Å². The van der Waals surface area contributed by atoms with Crippen LogP contribution in [0.4, 0.5) is 5.69 Å². The van der Waals surface area contributed by atoms with Crippen molar-refractivity contribution in [1.29, 1.82) is 0 Å². The molecule has 5 aromatic carbocycles. The lowest BCUT2D eigenvalue weighted by Gasteiger charge is -2.14. The van der Waals surface area contributed by atoms with Crippen LogP contribution in [0.25, 0.3) is 32.3 Å². The van der Waals surface area contributed by atoms with E-state index in [-0.39, 0.29) is 74.5 Å². The molecule has 0 unspecified atom stereocenters. The van der Waals surface area contributed by atoms with Gasteiger partial charge in [-0.15, -0.1) is 0 Å². The van der Waals surface area contributed by atoms with E-state index in [1.165, 1.54) is 33.7 Å². The summed E-state index contributed by atoms with van der Waals surface area (Å²) in [5.41, 5.74) is 16.8. The van der Waals surface area contributed by atoms with E-state index >= 15 is 0 Å². The standard InChI is InChI=1S/C42H47N5O9/c43-41(51)31(8-3-21-46-42(44)45)15-18-33(48)26-55-24-23-54-22-4-9-36(49)32-17-20-37(35(25-32)47(52)53)56-38(50)10-2-5-27-11-12-30-14-13-28-6-1-7-29-16-19-34(27)40(30)39(28)29/h1,6-7,11-14,16-17,19-20,25,31H,2-5,8-10,15,18,21-24,26H2,(H2,43,51)(H4,44,45,46)/t31-/m1/s1. The summed E-state index contributed by atoms with van der Waals surface area (Å²) >= 11 is 0. The minimum atomic E-state index is -0.675. The van der Waals surface area contributed by atoms with Gasteiger partial charge in [-0.1, -0.05) is 54.6 Å². The molecule has 14 heteroatoms. The van der Waals surface area contributed by atoms with Gasteiger partial charge in [-0.05, 0) is 88.5 Å². The molecule has 5 aromatic rings. The van der Waals surface area contributed by atoms with Gasteiger partial charge in [0.15, 0.2) is 17.5 Å². The molecule has 0 bridgehead atoms. The molecule has 0 aromatic heterocycles. The minimum absolute atomic E-state index is 0.0266. The molecule has 0 aliphatic carbocycles. The van der Waals surface area contributed by atoms with E-state index in [0.29, 0.717) is 45.1 Å². The third-order valence-corrected chi connectivity index (χ3v) is 9.65. The fourth-order valence-corrected chi connectivity index (χ4v) is 6.80. The van der Waals surface area contributed by atoms with Crippen LogP contribution < -0.4 is 21.9 Å². The summed E-state index contributed by atoms with van der Waals surface area (Å²) in [5.74, 6) is -2.27. The zero-order chi connectivity index (χ0) is 40.0. The predicted molar refractivity (Wildman–Crippen MR) is 214 cm³/mol. The summed E-state index contributed by atoms with van der Waals surface area (Å²) in [6.45, 7) is 0.826. The van der Waals surface area contributed by atoms with Gasteiger partial charge < -0.3 is 31.4 Å². The third kappa shape index (κ3) is 11.3. The van der Waals surface area contributed by atoms with Crippen LogP contribution in [0.5, 0.6) is 5.75 Å². The van der Waals surface area contributed by atoms with Gasteiger partial charge in [0.2, 0.25) is 11.7 Å². The Bertz CT molecular complexity index is 2200. The van der Waals surface area contributed by atoms with Crippen molar-refractivity contribution < 1.29 is 38.3 Å². The molecule has 0 fully saturated rings. The average molecular weight is 766 g/mol. The van der Waals surface area contributed by atoms with E-state index in [9.17, 15) is 29.3 Å². The Morgan fingerprint density at radius 2 is 1.46 bits per heavy atom. The Hall–Kier alpha value is -5.99. The first-order valence-electron chi connectivity index (χ1n) is 18.7. The summed E-state index contributed by atoms with van der Waals surface area (Å²) < 4.78 is 16.3. The van der Waals surface area contributed by atoms with Gasteiger partial charge in [0.1, 0.15) is 6.61 Å². The molecule has 5 rings (SSSR count). The maximum absolute atomic E-state index is 12.8. The zero-order valence-corrected chi connectivity index (χ0v) is 31.2. The number of ether oxygens (including phenoxy) is 3. The van der Waals surface area contributed by atoms with Gasteiger partial charge in [-0.2, -0.15) is 0 Å². The quantitative estimate of drug-likeness (QED) is 0.00768. The number of rotatable bonds is 24. The van der Waals surface area contributed by atoms with Crippen molar-refractivity contribution in [1.82, 2.24) is 0 Å². The second-order valence-corrected chi connectivity index (χ2v) is 13.7. The lowest BCUT2D eigenvalue weighted by atomic mass is 9.90. The molecule has 0 aliphatic heterocycles. The number of esters is 1. The van der Waals surface area contributed by atoms with E-state index < -0.39 is 28.4 Å². The van der Waals surface area contributed by atoms with Crippen molar-refractivity contribution in [2.24, 2.45) is 28.1 Å². The van der Waals surface area contributed by atoms with Crippen LogP contribution in [0.3, 0.4) is 0 Å². The SMILES string of the molecule is NC(=O)[C@H](CCCN=C(N)N)CCC(=O)COCCOCCCC(=O)c1ccc(OC(=O)CCCc2ccc3ccc4cccc5ccc2c3c45)c([N+](=O)[O-])c1. The number of carbonyl (C=O) groups excluding carboxylic acids is 4. The topological polar surface area (TPSA) is 230 Å². The van der Waals surface area contributed by atoms with Crippen molar-refractivity contribution in [3.8, 4) is 5.75 Å². The Labute approximate surface area is 323 Å². The number of primary amides is 1. The summed E-state index contributed by atoms with van der Waals surface area (Å²) in [6.07, 6.45) is 3.09. The summed E-state index contributed by atoms with van der Waals surface area (Å²) in [5, 5.41) is 18.9. The van der Waals surface area contributed by atoms with Crippen LogP contribution in [-0.4, -0.2) is 67.3 Å². The summed E-state index contributed by atoms with van der Waals surface area (Å²) in [4.78, 5) is 64.5. The highest BCUT2D eigenvalue weighted by atomic mass is 16.6. The number of nitrogens with zero attached hydrogens (tertiary/aromatic N) is 2. The number of carbonyl (C=O) groups is 4. The highest BCUT2D eigenvalue weighted by molar-refractivity contribution is 6.23. The number of nitro groups is 1. The molecule has 0 spiro atoms. The number of amides is 1. The maximum atomic E-state index is 12.8. The van der Waals surface area contributed by atoms with Gasteiger partial charge in [-0.25, -0.2) is 0 Å². The lowest BCUT2D eigenvalue weighted by Crippen LogP contribution is -2.25. The number of benzene rings is 5. The van der Waals surface area contributed by atoms with Crippen molar-refractivity contribution >= 4 is 67.4 Å². The number of aryl methyl sites for hydroxylation is 1. The Morgan fingerprint density at radius 3 is 2.20 bits per heavy atom.